The molecule has 0 radical (unpaired) electrons. The van der Waals surface area contributed by atoms with E-state index in [9.17, 15) is 4.79 Å². The van der Waals surface area contributed by atoms with Gasteiger partial charge in [-0.05, 0) is 6.72 Å². The fourth-order valence-electron chi connectivity index (χ4n) is 0.721. The van der Waals surface area contributed by atoms with Crippen LogP contribution in [0.4, 0.5) is 4.79 Å². The molecule has 0 unspecified atom stereocenters. The summed E-state index contributed by atoms with van der Waals surface area (Å²) >= 11 is 0. The Hall–Kier alpha value is -1.58. The number of aliphatic imine (C=N–C) groups is 1. The third-order valence-corrected chi connectivity index (χ3v) is 1.29. The van der Waals surface area contributed by atoms with Gasteiger partial charge in [-0.1, -0.05) is 26.5 Å². The van der Waals surface area contributed by atoms with E-state index >= 15 is 0 Å². The number of cyclic esters (lactones) is 1. The normalized spacial score (nSPS) is 14.8. The number of nitrogens with zero attached hydrogens (tertiary/aromatic N) is 1. The van der Waals surface area contributed by atoms with E-state index in [4.69, 9.17) is 0 Å². The average molecular weight is 182 g/mol. The Morgan fingerprint density at radius 1 is 1.62 bits per heavy atom. The van der Waals surface area contributed by atoms with E-state index in [2.05, 4.69) is 28.3 Å². The smallest absolute Gasteiger partial charge is 0.413 e. The van der Waals surface area contributed by atoms with Gasteiger partial charge >= 0.3 is 6.09 Å². The summed E-state index contributed by atoms with van der Waals surface area (Å²) in [5.41, 5.74) is 0.736. The van der Waals surface area contributed by atoms with Gasteiger partial charge in [0.05, 0.1) is 0 Å². The summed E-state index contributed by atoms with van der Waals surface area (Å²) in [6.07, 6.45) is 1.07. The molecule has 1 aliphatic heterocycles. The number of rotatable bonds is 2. The van der Waals surface area contributed by atoms with Crippen molar-refractivity contribution in [2.24, 2.45) is 4.99 Å². The third kappa shape index (κ3) is 3.11. The van der Waals surface area contributed by atoms with Crippen LogP contribution >= 0.6 is 0 Å². The number of ether oxygens (including phenoxy) is 1. The molecule has 72 valence electrons. The third-order valence-electron chi connectivity index (χ3n) is 1.29. The highest BCUT2D eigenvalue weighted by Crippen LogP contribution is 2.09. The van der Waals surface area contributed by atoms with Crippen molar-refractivity contribution in [3.8, 4) is 0 Å². The molecule has 0 aromatic carbocycles. The maximum absolute atomic E-state index is 10.6. The van der Waals surface area contributed by atoms with E-state index in [1.54, 1.807) is 6.08 Å². The van der Waals surface area contributed by atoms with Crippen molar-refractivity contribution in [1.29, 1.82) is 0 Å². The zero-order valence-electron chi connectivity index (χ0n) is 7.96. The molecule has 0 aliphatic carbocycles. The number of hydrogen-bond donors (Lipinski definition) is 1. The number of amides is 1. The molecule has 0 aromatic heterocycles. The molecule has 13 heavy (non-hydrogen) atoms. The first-order valence-electron chi connectivity index (χ1n) is 4.04. The molecule has 4 nitrogen and oxygen atoms in total. The number of carbonyl (C=O) groups excluding carboxylic acids is 1. The second kappa shape index (κ2) is 5.99. The Balaban J connectivity index is 0.000000671. The molecule has 0 spiro atoms. The highest BCUT2D eigenvalue weighted by atomic mass is 16.5. The monoisotopic (exact) mass is 182 g/mol. The standard InChI is InChI=1S/C7H8N2O2.C2H6/c1-3-5-4-11-7(10)9-6(5)8-2;1-2/h3H,1-2,4H2,(H,9,10);1-2H3. The van der Waals surface area contributed by atoms with Gasteiger partial charge in [-0.15, -0.1) is 0 Å². The SMILES string of the molecule is C=CC1=C(N=C)NC(=O)OC1.CC. The van der Waals surface area contributed by atoms with Crippen molar-refractivity contribution in [2.75, 3.05) is 6.61 Å². The van der Waals surface area contributed by atoms with Gasteiger partial charge in [0.1, 0.15) is 12.4 Å². The minimum Gasteiger partial charge on any atom is -0.444 e. The van der Waals surface area contributed by atoms with Gasteiger partial charge in [0.15, 0.2) is 0 Å². The summed E-state index contributed by atoms with van der Waals surface area (Å²) < 4.78 is 4.65. The van der Waals surface area contributed by atoms with Gasteiger partial charge in [0.25, 0.3) is 0 Å². The van der Waals surface area contributed by atoms with Crippen LogP contribution in [0.5, 0.6) is 0 Å². The molecule has 0 atom stereocenters. The largest absolute Gasteiger partial charge is 0.444 e. The van der Waals surface area contributed by atoms with Crippen LogP contribution in [0.3, 0.4) is 0 Å². The lowest BCUT2D eigenvalue weighted by Gasteiger charge is -2.15. The molecule has 1 aliphatic rings. The highest BCUT2D eigenvalue weighted by Gasteiger charge is 2.14. The molecule has 1 N–H and O–H groups in total. The summed E-state index contributed by atoms with van der Waals surface area (Å²) in [7, 11) is 0. The van der Waals surface area contributed by atoms with Crippen LogP contribution < -0.4 is 5.32 Å². The molecule has 0 aromatic rings. The molecule has 1 amide bonds. The molecule has 0 fully saturated rings. The number of nitrogens with one attached hydrogen (secondary N) is 1. The van der Waals surface area contributed by atoms with Crippen LogP contribution in [-0.2, 0) is 4.74 Å². The first kappa shape index (κ1) is 11.4. The Labute approximate surface area is 78.0 Å². The predicted octanol–water partition coefficient (Wildman–Crippen LogP) is 1.85. The summed E-state index contributed by atoms with van der Waals surface area (Å²) in [5.74, 6) is 0.427. The minimum absolute atomic E-state index is 0.212. The Kier molecular flexibility index (Phi) is 5.27. The summed E-state index contributed by atoms with van der Waals surface area (Å²) in [6, 6.07) is 0. The highest BCUT2D eigenvalue weighted by molar-refractivity contribution is 5.72. The van der Waals surface area contributed by atoms with E-state index in [-0.39, 0.29) is 6.61 Å². The zero-order valence-corrected chi connectivity index (χ0v) is 7.96. The lowest BCUT2D eigenvalue weighted by molar-refractivity contribution is 0.153. The predicted molar refractivity (Wildman–Crippen MR) is 52.6 cm³/mol. The topological polar surface area (TPSA) is 50.7 Å². The molecular formula is C9H14N2O2. The van der Waals surface area contributed by atoms with Gasteiger partial charge in [0, 0.05) is 5.57 Å². The van der Waals surface area contributed by atoms with Crippen LogP contribution in [0.1, 0.15) is 13.8 Å². The first-order chi connectivity index (χ1) is 6.27. The van der Waals surface area contributed by atoms with Crippen molar-refractivity contribution in [1.82, 2.24) is 5.32 Å². The van der Waals surface area contributed by atoms with Gasteiger partial charge < -0.3 is 4.74 Å². The van der Waals surface area contributed by atoms with Crippen LogP contribution in [0.2, 0.25) is 0 Å². The molecule has 1 rings (SSSR count). The molecule has 4 heteroatoms. The van der Waals surface area contributed by atoms with Gasteiger partial charge in [0.2, 0.25) is 0 Å². The average Bonchev–Trinajstić information content (AvgIpc) is 2.20. The number of carbonyl (C=O) groups is 1. The Bertz CT molecular complexity index is 244. The first-order valence-corrected chi connectivity index (χ1v) is 4.04. The van der Waals surface area contributed by atoms with E-state index in [0.29, 0.717) is 5.82 Å². The van der Waals surface area contributed by atoms with Crippen LogP contribution in [-0.4, -0.2) is 19.4 Å². The second-order valence-corrected chi connectivity index (χ2v) is 1.94. The number of alkyl carbamates (subject to hydrolysis) is 1. The van der Waals surface area contributed by atoms with Crippen LogP contribution in [0, 0.1) is 0 Å². The quantitative estimate of drug-likeness (QED) is 0.662. The molecular weight excluding hydrogens is 168 g/mol. The van der Waals surface area contributed by atoms with Gasteiger partial charge in [-0.25, -0.2) is 9.79 Å². The van der Waals surface area contributed by atoms with E-state index in [1.165, 1.54) is 0 Å². The van der Waals surface area contributed by atoms with E-state index in [0.717, 1.165) is 5.57 Å². The fraction of sp³-hybridized carbons (Fsp3) is 0.333. The van der Waals surface area contributed by atoms with Crippen LogP contribution in [0.25, 0.3) is 0 Å². The molecule has 1 heterocycles. The molecule has 0 bridgehead atoms. The Morgan fingerprint density at radius 3 is 2.69 bits per heavy atom. The van der Waals surface area contributed by atoms with Crippen molar-refractivity contribution in [2.45, 2.75) is 13.8 Å². The maximum Gasteiger partial charge on any atom is 0.413 e. The lowest BCUT2D eigenvalue weighted by atomic mass is 10.2. The van der Waals surface area contributed by atoms with Crippen molar-refractivity contribution in [3.05, 3.63) is 24.0 Å². The van der Waals surface area contributed by atoms with Crippen molar-refractivity contribution < 1.29 is 9.53 Å². The second-order valence-electron chi connectivity index (χ2n) is 1.94. The molecule has 0 saturated heterocycles. The van der Waals surface area contributed by atoms with Crippen molar-refractivity contribution in [3.63, 3.8) is 0 Å². The number of hydrogen-bond acceptors (Lipinski definition) is 3. The van der Waals surface area contributed by atoms with E-state index < -0.39 is 6.09 Å². The zero-order chi connectivity index (χ0) is 10.3. The minimum atomic E-state index is -0.502. The summed E-state index contributed by atoms with van der Waals surface area (Å²) in [6.45, 7) is 11.0. The fourth-order valence-corrected chi connectivity index (χ4v) is 0.721. The maximum atomic E-state index is 10.6. The van der Waals surface area contributed by atoms with Gasteiger partial charge in [-0.2, -0.15) is 0 Å². The Morgan fingerprint density at radius 2 is 2.23 bits per heavy atom. The van der Waals surface area contributed by atoms with E-state index in [1.807, 2.05) is 13.8 Å². The molecule has 0 saturated carbocycles. The lowest BCUT2D eigenvalue weighted by Crippen LogP contribution is -2.29. The van der Waals surface area contributed by atoms with Gasteiger partial charge in [-0.3, -0.25) is 5.32 Å². The van der Waals surface area contributed by atoms with Crippen LogP contribution in [0.15, 0.2) is 29.0 Å². The summed E-state index contributed by atoms with van der Waals surface area (Å²) in [5, 5.41) is 2.39. The van der Waals surface area contributed by atoms with Crippen molar-refractivity contribution >= 4 is 12.8 Å². The summed E-state index contributed by atoms with van der Waals surface area (Å²) in [4.78, 5) is 14.2.